The van der Waals surface area contributed by atoms with E-state index >= 15 is 0 Å². The molecule has 0 aliphatic carbocycles. The maximum Gasteiger partial charge on any atom is 0.415 e. The monoisotopic (exact) mass is 327 g/mol. The number of rotatable bonds is 3. The number of pyridine rings is 1. The topological polar surface area (TPSA) is 97.9 Å². The summed E-state index contributed by atoms with van der Waals surface area (Å²) in [6.45, 7) is 0.471. The molecule has 0 spiro atoms. The van der Waals surface area contributed by atoms with Crippen LogP contribution in [0.2, 0.25) is 0 Å². The summed E-state index contributed by atoms with van der Waals surface area (Å²) in [4.78, 5) is 17.9. The molecule has 3 heterocycles. The van der Waals surface area contributed by atoms with Crippen LogP contribution in [0, 0.1) is 0 Å². The van der Waals surface area contributed by atoms with E-state index < -0.39 is 12.2 Å². The van der Waals surface area contributed by atoms with Crippen LogP contribution in [0.4, 0.5) is 10.5 Å². The lowest BCUT2D eigenvalue weighted by Gasteiger charge is -2.31. The van der Waals surface area contributed by atoms with Gasteiger partial charge in [-0.05, 0) is 23.8 Å². The molecule has 124 valence electrons. The summed E-state index contributed by atoms with van der Waals surface area (Å²) in [5, 5.41) is 9.33. The number of benzene rings is 1. The van der Waals surface area contributed by atoms with E-state index in [0.717, 1.165) is 16.8 Å². The van der Waals surface area contributed by atoms with Gasteiger partial charge in [-0.2, -0.15) is 0 Å². The number of cyclic esters (lactones) is 1. The summed E-state index contributed by atoms with van der Waals surface area (Å²) in [6.07, 6.45) is 0.755. The second-order valence-electron chi connectivity index (χ2n) is 5.78. The first-order chi connectivity index (χ1) is 11.7. The van der Waals surface area contributed by atoms with E-state index in [1.54, 1.807) is 11.1 Å². The van der Waals surface area contributed by atoms with Gasteiger partial charge >= 0.3 is 6.09 Å². The molecule has 2 unspecified atom stereocenters. The van der Waals surface area contributed by atoms with Crippen molar-refractivity contribution < 1.29 is 19.4 Å². The Morgan fingerprint density at radius 1 is 1.29 bits per heavy atom. The Labute approximate surface area is 138 Å². The quantitative estimate of drug-likeness (QED) is 0.881. The van der Waals surface area contributed by atoms with Gasteiger partial charge < -0.3 is 20.3 Å². The molecule has 7 heteroatoms. The van der Waals surface area contributed by atoms with Crippen molar-refractivity contribution in [1.82, 2.24) is 4.98 Å². The van der Waals surface area contributed by atoms with Crippen molar-refractivity contribution in [3.05, 3.63) is 42.2 Å². The third kappa shape index (κ3) is 2.29. The number of hydrogen-bond donors (Lipinski definition) is 2. The number of aromatic nitrogens is 1. The van der Waals surface area contributed by atoms with Gasteiger partial charge in [0.05, 0.1) is 18.0 Å². The third-order valence-electron chi connectivity index (χ3n) is 4.39. The number of nitrogens with zero attached hydrogens (tertiary/aromatic N) is 2. The van der Waals surface area contributed by atoms with Gasteiger partial charge in [0.25, 0.3) is 0 Å². The Morgan fingerprint density at radius 2 is 2.12 bits per heavy atom. The fourth-order valence-electron chi connectivity index (χ4n) is 3.08. The second kappa shape index (κ2) is 5.77. The lowest BCUT2D eigenvalue weighted by molar-refractivity contribution is 0.0734. The van der Waals surface area contributed by atoms with Crippen molar-refractivity contribution in [1.29, 1.82) is 0 Å². The van der Waals surface area contributed by atoms with E-state index in [1.807, 2.05) is 30.3 Å². The minimum absolute atomic E-state index is 0.219. The molecule has 1 aromatic heterocycles. The highest BCUT2D eigenvalue weighted by molar-refractivity contribution is 5.94. The molecule has 3 N–H and O–H groups in total. The van der Waals surface area contributed by atoms with Crippen LogP contribution in [0.15, 0.2) is 36.5 Å². The van der Waals surface area contributed by atoms with E-state index in [1.165, 1.54) is 0 Å². The first kappa shape index (κ1) is 14.9. The van der Waals surface area contributed by atoms with Crippen LogP contribution in [0.1, 0.15) is 5.69 Å². The molecule has 2 aliphatic heterocycles. The molecule has 0 radical (unpaired) electrons. The lowest BCUT2D eigenvalue weighted by Crippen LogP contribution is -2.45. The van der Waals surface area contributed by atoms with Crippen molar-refractivity contribution in [3.63, 3.8) is 0 Å². The zero-order valence-corrected chi connectivity index (χ0v) is 12.9. The van der Waals surface area contributed by atoms with Crippen molar-refractivity contribution in [3.8, 4) is 16.9 Å². The van der Waals surface area contributed by atoms with Crippen LogP contribution in [0.25, 0.3) is 11.1 Å². The molecule has 0 bridgehead atoms. The van der Waals surface area contributed by atoms with Crippen molar-refractivity contribution >= 4 is 11.8 Å². The van der Waals surface area contributed by atoms with Crippen LogP contribution in [-0.4, -0.2) is 41.5 Å². The highest BCUT2D eigenvalue weighted by Gasteiger charge is 2.46. The van der Waals surface area contributed by atoms with Crippen molar-refractivity contribution in [2.45, 2.75) is 18.7 Å². The summed E-state index contributed by atoms with van der Waals surface area (Å²) < 4.78 is 11.0. The van der Waals surface area contributed by atoms with Crippen LogP contribution >= 0.6 is 0 Å². The molecule has 1 fully saturated rings. The molecule has 2 atom stereocenters. The molecule has 1 aromatic carbocycles. The van der Waals surface area contributed by atoms with Gasteiger partial charge in [0.15, 0.2) is 6.10 Å². The summed E-state index contributed by atoms with van der Waals surface area (Å²) >= 11 is 0. The van der Waals surface area contributed by atoms with E-state index in [-0.39, 0.29) is 19.3 Å². The number of hydrogen-bond acceptors (Lipinski definition) is 6. The summed E-state index contributed by atoms with van der Waals surface area (Å²) in [5.41, 5.74) is 8.93. The van der Waals surface area contributed by atoms with E-state index in [0.29, 0.717) is 18.0 Å². The van der Waals surface area contributed by atoms with E-state index in [4.69, 9.17) is 15.2 Å². The predicted octanol–water partition coefficient (Wildman–Crippen LogP) is 1.29. The maximum absolute atomic E-state index is 12.1. The zero-order valence-electron chi connectivity index (χ0n) is 12.9. The second-order valence-corrected chi connectivity index (χ2v) is 5.78. The Morgan fingerprint density at radius 3 is 2.83 bits per heavy atom. The smallest absolute Gasteiger partial charge is 0.415 e. The number of carbonyl (C=O) groups is 1. The number of anilines is 1. The molecular weight excluding hydrogens is 310 g/mol. The molecule has 4 rings (SSSR count). The fraction of sp³-hybridized carbons (Fsp3) is 0.294. The van der Waals surface area contributed by atoms with Crippen LogP contribution in [-0.2, 0) is 11.3 Å². The van der Waals surface area contributed by atoms with Gasteiger partial charge in [-0.15, -0.1) is 0 Å². The summed E-state index contributed by atoms with van der Waals surface area (Å²) in [7, 11) is 0. The molecule has 7 nitrogen and oxygen atoms in total. The molecule has 0 saturated carbocycles. The minimum Gasteiger partial charge on any atom is -0.489 e. The molecule has 2 aromatic rings. The number of aliphatic hydroxyl groups excluding tert-OH is 1. The lowest BCUT2D eigenvalue weighted by atomic mass is 10.0. The van der Waals surface area contributed by atoms with Gasteiger partial charge in [0.2, 0.25) is 0 Å². The van der Waals surface area contributed by atoms with Gasteiger partial charge in [-0.25, -0.2) is 4.79 Å². The first-order valence-corrected chi connectivity index (χ1v) is 7.74. The van der Waals surface area contributed by atoms with Gasteiger partial charge in [0.1, 0.15) is 18.4 Å². The molecule has 2 aliphatic rings. The number of carbonyl (C=O) groups excluding carboxylic acids is 1. The van der Waals surface area contributed by atoms with Gasteiger partial charge in [0, 0.05) is 18.3 Å². The zero-order chi connectivity index (χ0) is 16.7. The van der Waals surface area contributed by atoms with Gasteiger partial charge in [-0.1, -0.05) is 12.1 Å². The standard InChI is InChI=1S/C17H17N3O4/c18-6-12-3-1-11(7-19-12)10-2-4-13-15(5-10)23-9-14-16(8-21)24-17(22)20(13)14/h1-5,7,14,16,21H,6,8-9,18H2. The molecule has 24 heavy (non-hydrogen) atoms. The average molecular weight is 327 g/mol. The molecular formula is C17H17N3O4. The number of ether oxygens (including phenoxy) is 2. The highest BCUT2D eigenvalue weighted by atomic mass is 16.6. The fourth-order valence-corrected chi connectivity index (χ4v) is 3.08. The largest absolute Gasteiger partial charge is 0.489 e. The Balaban J connectivity index is 1.68. The predicted molar refractivity (Wildman–Crippen MR) is 86.7 cm³/mol. The van der Waals surface area contributed by atoms with E-state index in [9.17, 15) is 9.90 Å². The Hall–Kier alpha value is -2.64. The normalized spacial score (nSPS) is 21.8. The van der Waals surface area contributed by atoms with Crippen LogP contribution < -0.4 is 15.4 Å². The van der Waals surface area contributed by atoms with Crippen LogP contribution in [0.5, 0.6) is 5.75 Å². The summed E-state index contributed by atoms with van der Waals surface area (Å²) in [6, 6.07) is 9.15. The SMILES string of the molecule is NCc1ccc(-c2ccc3c(c2)OCC2C(CO)OC(=O)N32)cn1. The third-order valence-corrected chi connectivity index (χ3v) is 4.39. The number of nitrogens with two attached hydrogens (primary N) is 1. The number of amides is 1. The number of aliphatic hydroxyl groups is 1. The maximum atomic E-state index is 12.1. The number of fused-ring (bicyclic) bond motifs is 3. The highest BCUT2D eigenvalue weighted by Crippen LogP contribution is 2.40. The van der Waals surface area contributed by atoms with Crippen LogP contribution in [0.3, 0.4) is 0 Å². The van der Waals surface area contributed by atoms with Crippen molar-refractivity contribution in [2.75, 3.05) is 18.1 Å². The Kier molecular flexibility index (Phi) is 3.59. The molecule has 1 amide bonds. The summed E-state index contributed by atoms with van der Waals surface area (Å²) in [5.74, 6) is 0.613. The first-order valence-electron chi connectivity index (χ1n) is 7.74. The average Bonchev–Trinajstić information content (AvgIpc) is 2.97. The molecule has 1 saturated heterocycles. The van der Waals surface area contributed by atoms with E-state index in [2.05, 4.69) is 4.98 Å². The van der Waals surface area contributed by atoms with Gasteiger partial charge in [-0.3, -0.25) is 9.88 Å². The van der Waals surface area contributed by atoms with Crippen molar-refractivity contribution in [2.24, 2.45) is 5.73 Å². The minimum atomic E-state index is -0.557. The Bertz CT molecular complexity index is 778.